The number of aromatic nitrogens is 1. The number of halogens is 1. The third-order valence-corrected chi connectivity index (χ3v) is 5.99. The van der Waals surface area contributed by atoms with Gasteiger partial charge in [-0.1, -0.05) is 36.4 Å². The summed E-state index contributed by atoms with van der Waals surface area (Å²) in [5.74, 6) is 2.42. The van der Waals surface area contributed by atoms with Gasteiger partial charge in [-0.05, 0) is 47.9 Å². The highest BCUT2D eigenvalue weighted by molar-refractivity contribution is 7.98. The van der Waals surface area contributed by atoms with Gasteiger partial charge < -0.3 is 9.30 Å². The van der Waals surface area contributed by atoms with Gasteiger partial charge in [0.1, 0.15) is 18.1 Å². The van der Waals surface area contributed by atoms with Crippen molar-refractivity contribution in [2.75, 3.05) is 12.4 Å². The maximum Gasteiger partial charge on any atom is 0.233 e. The number of hydrogen-bond donors (Lipinski definition) is 0. The molecule has 0 N–H and O–H groups in total. The topological polar surface area (TPSA) is 26.5 Å². The van der Waals surface area contributed by atoms with Gasteiger partial charge >= 0.3 is 0 Å². The van der Waals surface area contributed by atoms with Gasteiger partial charge in [0.2, 0.25) is 5.90 Å². The SMILES string of the molecule is Cc1ccccc1CSC[C@H]1COC(c2cccn2Cc2ccc(F)cc2)=N1. The van der Waals surface area contributed by atoms with E-state index in [9.17, 15) is 4.39 Å². The van der Waals surface area contributed by atoms with Crippen LogP contribution in [0.3, 0.4) is 0 Å². The van der Waals surface area contributed by atoms with Gasteiger partial charge in [0, 0.05) is 24.2 Å². The van der Waals surface area contributed by atoms with E-state index in [4.69, 9.17) is 9.73 Å². The Morgan fingerprint density at radius 3 is 2.75 bits per heavy atom. The van der Waals surface area contributed by atoms with Gasteiger partial charge in [-0.2, -0.15) is 11.8 Å². The molecular formula is C23H23FN2OS. The van der Waals surface area contributed by atoms with Crippen molar-refractivity contribution in [3.8, 4) is 0 Å². The lowest BCUT2D eigenvalue weighted by Gasteiger charge is -2.09. The smallest absolute Gasteiger partial charge is 0.233 e. The molecule has 28 heavy (non-hydrogen) atoms. The Morgan fingerprint density at radius 1 is 1.11 bits per heavy atom. The van der Waals surface area contributed by atoms with Crippen LogP contribution in [0, 0.1) is 12.7 Å². The van der Waals surface area contributed by atoms with Crippen molar-refractivity contribution in [2.24, 2.45) is 4.99 Å². The second-order valence-electron chi connectivity index (χ2n) is 6.99. The molecule has 5 heteroatoms. The number of ether oxygens (including phenoxy) is 1. The Bertz CT molecular complexity index is 965. The molecule has 0 amide bonds. The highest BCUT2D eigenvalue weighted by Crippen LogP contribution is 2.21. The van der Waals surface area contributed by atoms with E-state index in [2.05, 4.69) is 35.8 Å². The minimum absolute atomic E-state index is 0.179. The summed E-state index contributed by atoms with van der Waals surface area (Å²) in [5, 5.41) is 0. The molecule has 1 aromatic heterocycles. The molecule has 2 aromatic carbocycles. The normalized spacial score (nSPS) is 16.1. The first kappa shape index (κ1) is 18.8. The minimum Gasteiger partial charge on any atom is -0.474 e. The second-order valence-corrected chi connectivity index (χ2v) is 8.02. The van der Waals surface area contributed by atoms with E-state index < -0.39 is 0 Å². The van der Waals surface area contributed by atoms with Gasteiger partial charge in [0.15, 0.2) is 0 Å². The first-order valence-corrected chi connectivity index (χ1v) is 10.6. The molecule has 3 aromatic rings. The number of rotatable bonds is 7. The standard InChI is InChI=1S/C23H23FN2OS/c1-17-5-2-3-6-19(17)15-28-16-21-14-27-23(25-21)22-7-4-12-26(22)13-18-8-10-20(24)11-9-18/h2-12,21H,13-16H2,1H3/t21-/m1/s1. The monoisotopic (exact) mass is 394 g/mol. The summed E-state index contributed by atoms with van der Waals surface area (Å²) < 4.78 is 21.1. The summed E-state index contributed by atoms with van der Waals surface area (Å²) >= 11 is 1.90. The molecule has 3 nitrogen and oxygen atoms in total. The number of hydrogen-bond acceptors (Lipinski definition) is 3. The van der Waals surface area contributed by atoms with Crippen molar-refractivity contribution >= 4 is 17.7 Å². The molecule has 144 valence electrons. The predicted octanol–water partition coefficient (Wildman–Crippen LogP) is 5.06. The Hall–Kier alpha value is -2.53. The molecule has 1 aliphatic heterocycles. The molecule has 0 fully saturated rings. The molecule has 0 unspecified atom stereocenters. The van der Waals surface area contributed by atoms with Crippen molar-refractivity contribution in [1.29, 1.82) is 0 Å². The van der Waals surface area contributed by atoms with Crippen molar-refractivity contribution < 1.29 is 9.13 Å². The van der Waals surface area contributed by atoms with Crippen LogP contribution < -0.4 is 0 Å². The van der Waals surface area contributed by atoms with Crippen LogP contribution in [0.1, 0.15) is 22.4 Å². The molecule has 2 heterocycles. The molecule has 0 saturated heterocycles. The Balaban J connectivity index is 1.37. The Kier molecular flexibility index (Phi) is 5.81. The van der Waals surface area contributed by atoms with Crippen LogP contribution >= 0.6 is 11.8 Å². The number of thioether (sulfide) groups is 1. The lowest BCUT2D eigenvalue weighted by molar-refractivity contribution is 0.323. The fraction of sp³-hybridized carbons (Fsp3) is 0.261. The maximum atomic E-state index is 13.1. The van der Waals surface area contributed by atoms with E-state index in [0.29, 0.717) is 19.0 Å². The summed E-state index contributed by atoms with van der Waals surface area (Å²) in [6, 6.07) is 19.3. The van der Waals surface area contributed by atoms with Crippen LogP contribution in [0.15, 0.2) is 71.9 Å². The predicted molar refractivity (Wildman–Crippen MR) is 114 cm³/mol. The van der Waals surface area contributed by atoms with E-state index >= 15 is 0 Å². The van der Waals surface area contributed by atoms with Crippen molar-refractivity contribution in [3.05, 3.63) is 95.1 Å². The summed E-state index contributed by atoms with van der Waals surface area (Å²) in [6.45, 7) is 3.44. The molecule has 0 saturated carbocycles. The van der Waals surface area contributed by atoms with E-state index in [1.807, 2.05) is 30.1 Å². The number of nitrogens with zero attached hydrogens (tertiary/aromatic N) is 2. The van der Waals surface area contributed by atoms with Crippen molar-refractivity contribution in [2.45, 2.75) is 25.3 Å². The van der Waals surface area contributed by atoms with Crippen molar-refractivity contribution in [1.82, 2.24) is 4.57 Å². The zero-order valence-corrected chi connectivity index (χ0v) is 16.7. The number of aryl methyl sites for hydroxylation is 1. The van der Waals surface area contributed by atoms with Crippen LogP contribution in [0.4, 0.5) is 4.39 Å². The lowest BCUT2D eigenvalue weighted by Crippen LogP contribution is -2.11. The largest absolute Gasteiger partial charge is 0.474 e. The minimum atomic E-state index is -0.217. The van der Waals surface area contributed by atoms with E-state index in [1.54, 1.807) is 12.1 Å². The zero-order valence-electron chi connectivity index (χ0n) is 15.8. The molecule has 4 rings (SSSR count). The van der Waals surface area contributed by atoms with Gasteiger partial charge in [0.25, 0.3) is 0 Å². The van der Waals surface area contributed by atoms with E-state index in [0.717, 1.165) is 22.8 Å². The Labute approximate surface area is 169 Å². The average Bonchev–Trinajstić information content (AvgIpc) is 3.34. The van der Waals surface area contributed by atoms with Gasteiger partial charge in [-0.15, -0.1) is 0 Å². The maximum absolute atomic E-state index is 13.1. The fourth-order valence-electron chi connectivity index (χ4n) is 3.25. The first-order chi connectivity index (χ1) is 13.7. The quantitative estimate of drug-likeness (QED) is 0.560. The van der Waals surface area contributed by atoms with Crippen LogP contribution in [-0.4, -0.2) is 28.9 Å². The summed E-state index contributed by atoms with van der Waals surface area (Å²) in [7, 11) is 0. The van der Waals surface area contributed by atoms with Gasteiger partial charge in [-0.25, -0.2) is 9.38 Å². The summed E-state index contributed by atoms with van der Waals surface area (Å²) in [5.41, 5.74) is 4.72. The highest BCUT2D eigenvalue weighted by atomic mass is 32.2. The molecule has 0 radical (unpaired) electrons. The Morgan fingerprint density at radius 2 is 1.93 bits per heavy atom. The van der Waals surface area contributed by atoms with Crippen LogP contribution in [0.5, 0.6) is 0 Å². The third-order valence-electron chi connectivity index (χ3n) is 4.86. The van der Waals surface area contributed by atoms with Crippen LogP contribution in [0.25, 0.3) is 0 Å². The number of aliphatic imine (C=N–C) groups is 1. The number of benzene rings is 2. The van der Waals surface area contributed by atoms with Crippen molar-refractivity contribution in [3.63, 3.8) is 0 Å². The molecule has 0 spiro atoms. The van der Waals surface area contributed by atoms with E-state index in [-0.39, 0.29) is 11.9 Å². The van der Waals surface area contributed by atoms with Gasteiger partial charge in [-0.3, -0.25) is 0 Å². The molecule has 0 bridgehead atoms. The van der Waals surface area contributed by atoms with Crippen LogP contribution in [0.2, 0.25) is 0 Å². The highest BCUT2D eigenvalue weighted by Gasteiger charge is 2.22. The average molecular weight is 395 g/mol. The van der Waals surface area contributed by atoms with Crippen LogP contribution in [-0.2, 0) is 17.0 Å². The van der Waals surface area contributed by atoms with Gasteiger partial charge in [0.05, 0.1) is 6.04 Å². The lowest BCUT2D eigenvalue weighted by atomic mass is 10.1. The first-order valence-electron chi connectivity index (χ1n) is 9.42. The zero-order chi connectivity index (χ0) is 19.3. The summed E-state index contributed by atoms with van der Waals surface area (Å²) in [6.07, 6.45) is 2.00. The molecule has 0 aliphatic carbocycles. The van der Waals surface area contributed by atoms with E-state index in [1.165, 1.54) is 23.3 Å². The third kappa shape index (κ3) is 4.47. The second kappa shape index (κ2) is 8.65. The fourth-order valence-corrected chi connectivity index (χ4v) is 4.36. The molecule has 1 aliphatic rings. The summed E-state index contributed by atoms with van der Waals surface area (Å²) in [4.78, 5) is 4.79. The molecule has 1 atom stereocenters. The molecular weight excluding hydrogens is 371 g/mol.